The summed E-state index contributed by atoms with van der Waals surface area (Å²) >= 11 is 1.36. The van der Waals surface area contributed by atoms with E-state index >= 15 is 0 Å². The van der Waals surface area contributed by atoms with Crippen molar-refractivity contribution < 1.29 is 23.9 Å². The predicted octanol–water partition coefficient (Wildman–Crippen LogP) is 1.38. The van der Waals surface area contributed by atoms with Gasteiger partial charge in [-0.05, 0) is 31.9 Å². The third kappa shape index (κ3) is 6.70. The van der Waals surface area contributed by atoms with E-state index in [1.165, 1.54) is 11.3 Å². The molecule has 0 aliphatic rings. The van der Waals surface area contributed by atoms with Crippen LogP contribution in [0.4, 0.5) is 0 Å². The highest BCUT2D eigenvalue weighted by Gasteiger charge is 2.12. The van der Waals surface area contributed by atoms with Crippen LogP contribution in [-0.2, 0) is 25.5 Å². The molecule has 0 aliphatic carbocycles. The number of esters is 1. The van der Waals surface area contributed by atoms with E-state index in [0.29, 0.717) is 10.8 Å². The van der Waals surface area contributed by atoms with Crippen LogP contribution in [0.15, 0.2) is 23.6 Å². The fourth-order valence-electron chi connectivity index (χ4n) is 2.19. The monoisotopic (exact) mass is 391 g/mol. The molecule has 2 amide bonds. The molecule has 0 fully saturated rings. The van der Waals surface area contributed by atoms with Crippen molar-refractivity contribution in [2.75, 3.05) is 13.2 Å². The van der Waals surface area contributed by atoms with E-state index in [2.05, 4.69) is 15.8 Å². The molecule has 27 heavy (non-hydrogen) atoms. The lowest BCUT2D eigenvalue weighted by atomic mass is 10.1. The highest BCUT2D eigenvalue weighted by molar-refractivity contribution is 7.09. The molecule has 0 aliphatic heterocycles. The minimum atomic E-state index is -0.683. The molecule has 1 aromatic carbocycles. The highest BCUT2D eigenvalue weighted by atomic mass is 32.1. The van der Waals surface area contributed by atoms with E-state index in [4.69, 9.17) is 9.47 Å². The Morgan fingerprint density at radius 1 is 1.04 bits per heavy atom. The number of hydrazine groups is 1. The number of hydrogen-bond acceptors (Lipinski definition) is 7. The molecular weight excluding hydrogens is 370 g/mol. The van der Waals surface area contributed by atoms with Crippen LogP contribution in [0.3, 0.4) is 0 Å². The molecule has 2 rings (SSSR count). The number of para-hydroxylation sites is 1. The summed E-state index contributed by atoms with van der Waals surface area (Å²) in [4.78, 5) is 39.2. The number of carbonyl (C=O) groups excluding carboxylic acids is 3. The predicted molar refractivity (Wildman–Crippen MR) is 99.2 cm³/mol. The second-order valence-electron chi connectivity index (χ2n) is 5.83. The average Bonchev–Trinajstić information content (AvgIpc) is 3.02. The van der Waals surface area contributed by atoms with Crippen molar-refractivity contribution >= 4 is 29.1 Å². The molecule has 0 radical (unpaired) electrons. The quantitative estimate of drug-likeness (QED) is 0.546. The zero-order valence-electron chi connectivity index (χ0n) is 15.3. The molecule has 1 heterocycles. The van der Waals surface area contributed by atoms with Gasteiger partial charge >= 0.3 is 5.97 Å². The number of aryl methyl sites for hydroxylation is 3. The molecule has 144 valence electrons. The number of ether oxygens (including phenoxy) is 2. The van der Waals surface area contributed by atoms with E-state index in [1.54, 1.807) is 0 Å². The second kappa shape index (κ2) is 9.67. The van der Waals surface area contributed by atoms with Crippen molar-refractivity contribution in [3.05, 3.63) is 45.4 Å². The zero-order valence-corrected chi connectivity index (χ0v) is 16.1. The topological polar surface area (TPSA) is 107 Å². The average molecular weight is 391 g/mol. The minimum Gasteiger partial charge on any atom is -0.481 e. The summed E-state index contributed by atoms with van der Waals surface area (Å²) in [6.45, 7) is 4.74. The lowest BCUT2D eigenvalue weighted by molar-refractivity contribution is -0.150. The SMILES string of the molecule is Cc1csc(CC(=O)NNC(=O)COC(=O)COc2c(C)cccc2C)n1. The van der Waals surface area contributed by atoms with Gasteiger partial charge in [0, 0.05) is 11.1 Å². The van der Waals surface area contributed by atoms with E-state index < -0.39 is 24.4 Å². The number of nitrogens with zero attached hydrogens (tertiary/aromatic N) is 1. The van der Waals surface area contributed by atoms with Crippen LogP contribution >= 0.6 is 11.3 Å². The maximum atomic E-state index is 11.7. The number of carbonyl (C=O) groups is 3. The Hall–Kier alpha value is -2.94. The second-order valence-corrected chi connectivity index (χ2v) is 6.77. The highest BCUT2D eigenvalue weighted by Crippen LogP contribution is 2.22. The molecule has 1 aromatic heterocycles. The van der Waals surface area contributed by atoms with Crippen molar-refractivity contribution in [1.29, 1.82) is 0 Å². The van der Waals surface area contributed by atoms with Crippen molar-refractivity contribution in [1.82, 2.24) is 15.8 Å². The number of rotatable bonds is 7. The van der Waals surface area contributed by atoms with Crippen molar-refractivity contribution in [3.63, 3.8) is 0 Å². The molecular formula is C18H21N3O5S. The molecule has 0 saturated carbocycles. The van der Waals surface area contributed by atoms with E-state index in [-0.39, 0.29) is 13.0 Å². The van der Waals surface area contributed by atoms with Gasteiger partial charge in [0.1, 0.15) is 10.8 Å². The summed E-state index contributed by atoms with van der Waals surface area (Å²) in [5.74, 6) is -1.14. The molecule has 8 nitrogen and oxygen atoms in total. The first-order valence-corrected chi connectivity index (χ1v) is 9.06. The molecule has 0 spiro atoms. The lowest BCUT2D eigenvalue weighted by Crippen LogP contribution is -2.44. The standard InChI is InChI=1S/C18H21N3O5S/c1-11-5-4-6-12(2)18(11)26-9-17(24)25-8-15(23)21-20-14(22)7-16-19-13(3)10-27-16/h4-6,10H,7-9H2,1-3H3,(H,20,22)(H,21,23). The van der Waals surface area contributed by atoms with Crippen molar-refractivity contribution in [2.45, 2.75) is 27.2 Å². The summed E-state index contributed by atoms with van der Waals surface area (Å²) in [6.07, 6.45) is 0.0577. The number of nitrogens with one attached hydrogen (secondary N) is 2. The molecule has 2 N–H and O–H groups in total. The van der Waals surface area contributed by atoms with Crippen molar-refractivity contribution in [3.8, 4) is 5.75 Å². The molecule has 0 unspecified atom stereocenters. The largest absolute Gasteiger partial charge is 0.481 e. The van der Waals surface area contributed by atoms with Gasteiger partial charge in [-0.15, -0.1) is 11.3 Å². The smallest absolute Gasteiger partial charge is 0.344 e. The third-order valence-electron chi connectivity index (χ3n) is 3.43. The van der Waals surface area contributed by atoms with E-state index in [9.17, 15) is 14.4 Å². The Morgan fingerprint density at radius 3 is 2.33 bits per heavy atom. The van der Waals surface area contributed by atoms with Crippen LogP contribution < -0.4 is 15.6 Å². The van der Waals surface area contributed by atoms with Gasteiger partial charge in [-0.25, -0.2) is 9.78 Å². The van der Waals surface area contributed by atoms with Gasteiger partial charge in [0.05, 0.1) is 6.42 Å². The van der Waals surface area contributed by atoms with Crippen LogP contribution in [0.2, 0.25) is 0 Å². The van der Waals surface area contributed by atoms with Crippen molar-refractivity contribution in [2.24, 2.45) is 0 Å². The van der Waals surface area contributed by atoms with Gasteiger partial charge in [-0.3, -0.25) is 20.4 Å². The van der Waals surface area contributed by atoms with Gasteiger partial charge in [0.15, 0.2) is 13.2 Å². The summed E-state index contributed by atoms with van der Waals surface area (Å²) in [6, 6.07) is 5.64. The maximum absolute atomic E-state index is 11.7. The lowest BCUT2D eigenvalue weighted by Gasteiger charge is -2.11. The zero-order chi connectivity index (χ0) is 19.8. The Morgan fingerprint density at radius 2 is 1.70 bits per heavy atom. The molecule has 0 atom stereocenters. The van der Waals surface area contributed by atoms with Crippen LogP contribution in [0, 0.1) is 20.8 Å². The summed E-state index contributed by atoms with van der Waals surface area (Å²) in [5.41, 5.74) is 7.06. The molecule has 0 bridgehead atoms. The van der Waals surface area contributed by atoms with Gasteiger partial charge in [-0.1, -0.05) is 18.2 Å². The summed E-state index contributed by atoms with van der Waals surface area (Å²) in [5, 5.41) is 2.48. The molecule has 9 heteroatoms. The Kier molecular flexibility index (Phi) is 7.30. The minimum absolute atomic E-state index is 0.0577. The number of amides is 2. The van der Waals surface area contributed by atoms with Gasteiger partial charge in [0.25, 0.3) is 5.91 Å². The molecule has 2 aromatic rings. The van der Waals surface area contributed by atoms with Gasteiger partial charge in [0.2, 0.25) is 5.91 Å². The third-order valence-corrected chi connectivity index (χ3v) is 4.39. The van der Waals surface area contributed by atoms with Gasteiger partial charge in [-0.2, -0.15) is 0 Å². The van der Waals surface area contributed by atoms with Crippen LogP contribution in [0.25, 0.3) is 0 Å². The Balaban J connectivity index is 1.66. The Bertz CT molecular complexity index is 814. The first kappa shape index (κ1) is 20.4. The first-order valence-electron chi connectivity index (χ1n) is 8.18. The van der Waals surface area contributed by atoms with E-state index in [1.807, 2.05) is 44.4 Å². The number of benzene rings is 1. The Labute approximate surface area is 160 Å². The summed E-state index contributed by atoms with van der Waals surface area (Å²) in [7, 11) is 0. The number of thiazole rings is 1. The summed E-state index contributed by atoms with van der Waals surface area (Å²) < 4.78 is 10.3. The van der Waals surface area contributed by atoms with Crippen LogP contribution in [-0.4, -0.2) is 36.0 Å². The first-order chi connectivity index (χ1) is 12.8. The number of hydrogen-bond donors (Lipinski definition) is 2. The van der Waals surface area contributed by atoms with Crippen LogP contribution in [0.1, 0.15) is 21.8 Å². The van der Waals surface area contributed by atoms with Crippen LogP contribution in [0.5, 0.6) is 5.75 Å². The maximum Gasteiger partial charge on any atom is 0.344 e. The fraction of sp³-hybridized carbons (Fsp3) is 0.333. The molecule has 0 saturated heterocycles. The number of aromatic nitrogens is 1. The normalized spacial score (nSPS) is 10.2. The van der Waals surface area contributed by atoms with E-state index in [0.717, 1.165) is 16.8 Å². The fourth-order valence-corrected chi connectivity index (χ4v) is 2.96. The van der Waals surface area contributed by atoms with Gasteiger partial charge < -0.3 is 9.47 Å².